The van der Waals surface area contributed by atoms with Gasteiger partial charge in [0.2, 0.25) is 10.0 Å². The fourth-order valence-electron chi connectivity index (χ4n) is 2.40. The summed E-state index contributed by atoms with van der Waals surface area (Å²) < 4.78 is 26.8. The van der Waals surface area contributed by atoms with E-state index in [-0.39, 0.29) is 10.9 Å². The van der Waals surface area contributed by atoms with Crippen molar-refractivity contribution in [3.63, 3.8) is 0 Å². The molecular formula is C15H19ClN2O2S. The molecule has 0 fully saturated rings. The number of sulfonamides is 1. The van der Waals surface area contributed by atoms with Crippen LogP contribution in [-0.2, 0) is 10.0 Å². The van der Waals surface area contributed by atoms with Crippen molar-refractivity contribution in [1.29, 1.82) is 0 Å². The van der Waals surface area contributed by atoms with Crippen LogP contribution in [0.25, 0.3) is 10.9 Å². The third-order valence-corrected chi connectivity index (χ3v) is 5.88. The molecule has 0 unspecified atom stereocenters. The second-order valence-corrected chi connectivity index (χ2v) is 7.36. The smallest absolute Gasteiger partial charge is 0.236 e. The van der Waals surface area contributed by atoms with Gasteiger partial charge in [-0.1, -0.05) is 25.4 Å². The minimum absolute atomic E-state index is 0.00837. The van der Waals surface area contributed by atoms with E-state index in [9.17, 15) is 8.42 Å². The Kier molecular flexibility index (Phi) is 4.86. The van der Waals surface area contributed by atoms with E-state index in [1.54, 1.807) is 37.4 Å². The van der Waals surface area contributed by atoms with Crippen LogP contribution in [0, 0.1) is 0 Å². The Morgan fingerprint density at radius 1 is 1.19 bits per heavy atom. The van der Waals surface area contributed by atoms with Crippen molar-refractivity contribution < 1.29 is 8.42 Å². The summed E-state index contributed by atoms with van der Waals surface area (Å²) in [6.07, 6.45) is 1.58. The van der Waals surface area contributed by atoms with Gasteiger partial charge >= 0.3 is 0 Å². The van der Waals surface area contributed by atoms with Crippen molar-refractivity contribution in [3.05, 3.63) is 35.5 Å². The summed E-state index contributed by atoms with van der Waals surface area (Å²) >= 11 is 5.84. The van der Waals surface area contributed by atoms with Crippen LogP contribution in [0.4, 0.5) is 0 Å². The largest absolute Gasteiger partial charge is 0.243 e. The summed E-state index contributed by atoms with van der Waals surface area (Å²) in [5.41, 5.74) is 0.687. The van der Waals surface area contributed by atoms with Crippen molar-refractivity contribution in [2.75, 3.05) is 7.05 Å². The molecule has 4 nitrogen and oxygen atoms in total. The predicted octanol–water partition coefficient (Wildman–Crippen LogP) is 3.70. The molecule has 2 aromatic rings. The van der Waals surface area contributed by atoms with Gasteiger partial charge in [0, 0.05) is 18.5 Å². The zero-order valence-electron chi connectivity index (χ0n) is 12.4. The van der Waals surface area contributed by atoms with E-state index < -0.39 is 10.0 Å². The maximum Gasteiger partial charge on any atom is 0.243 e. The molecule has 0 spiro atoms. The quantitative estimate of drug-likeness (QED) is 0.787. The number of hydrogen-bond donors (Lipinski definition) is 0. The van der Waals surface area contributed by atoms with Gasteiger partial charge in [-0.2, -0.15) is 4.31 Å². The number of aromatic nitrogens is 1. The molecule has 6 heteroatoms. The number of halogens is 1. The molecule has 2 rings (SSSR count). The minimum atomic E-state index is -3.49. The van der Waals surface area contributed by atoms with Gasteiger partial charge in [0.15, 0.2) is 0 Å². The number of benzene rings is 1. The topological polar surface area (TPSA) is 50.3 Å². The van der Waals surface area contributed by atoms with Crippen molar-refractivity contribution in [1.82, 2.24) is 9.29 Å². The highest BCUT2D eigenvalue weighted by Gasteiger charge is 2.26. The minimum Gasteiger partial charge on any atom is -0.236 e. The van der Waals surface area contributed by atoms with Gasteiger partial charge in [0.1, 0.15) is 5.15 Å². The number of rotatable bonds is 5. The Bertz CT molecular complexity index is 742. The van der Waals surface area contributed by atoms with Gasteiger partial charge in [0.05, 0.1) is 10.4 Å². The molecular weight excluding hydrogens is 308 g/mol. The maximum absolute atomic E-state index is 12.7. The van der Waals surface area contributed by atoms with Gasteiger partial charge in [-0.25, -0.2) is 13.4 Å². The zero-order chi connectivity index (χ0) is 15.6. The predicted molar refractivity (Wildman–Crippen MR) is 86.1 cm³/mol. The zero-order valence-corrected chi connectivity index (χ0v) is 13.9. The van der Waals surface area contributed by atoms with E-state index in [2.05, 4.69) is 4.98 Å². The van der Waals surface area contributed by atoms with Crippen LogP contribution in [0.1, 0.15) is 26.7 Å². The summed E-state index contributed by atoms with van der Waals surface area (Å²) in [5, 5.41) is 1.16. The molecule has 21 heavy (non-hydrogen) atoms. The van der Waals surface area contributed by atoms with Gasteiger partial charge in [0.25, 0.3) is 0 Å². The van der Waals surface area contributed by atoms with Crippen LogP contribution in [-0.4, -0.2) is 30.8 Å². The van der Waals surface area contributed by atoms with E-state index >= 15 is 0 Å². The highest BCUT2D eigenvalue weighted by Crippen LogP contribution is 2.24. The van der Waals surface area contributed by atoms with E-state index in [1.807, 2.05) is 13.8 Å². The Morgan fingerprint density at radius 2 is 1.86 bits per heavy atom. The standard InChI is InChI=1S/C15H19ClN2O2S/c1-4-12(5-2)18(3)21(19,20)13-7-8-14-11(10-13)6-9-15(16)17-14/h6-10,12H,4-5H2,1-3H3. The average Bonchev–Trinajstić information content (AvgIpc) is 2.47. The fraction of sp³-hybridized carbons (Fsp3) is 0.400. The Morgan fingerprint density at radius 3 is 2.48 bits per heavy atom. The van der Waals surface area contributed by atoms with E-state index in [0.717, 1.165) is 18.2 Å². The van der Waals surface area contributed by atoms with Crippen molar-refractivity contribution in [3.8, 4) is 0 Å². The van der Waals surface area contributed by atoms with Gasteiger partial charge in [-0.15, -0.1) is 0 Å². The van der Waals surface area contributed by atoms with Gasteiger partial charge in [-0.3, -0.25) is 0 Å². The van der Waals surface area contributed by atoms with Crippen LogP contribution >= 0.6 is 11.6 Å². The monoisotopic (exact) mass is 326 g/mol. The lowest BCUT2D eigenvalue weighted by Gasteiger charge is -2.25. The second kappa shape index (κ2) is 6.30. The lowest BCUT2D eigenvalue weighted by molar-refractivity contribution is 0.350. The van der Waals surface area contributed by atoms with Crippen LogP contribution in [0.15, 0.2) is 35.2 Å². The maximum atomic E-state index is 12.7. The van der Waals surface area contributed by atoms with Crippen molar-refractivity contribution in [2.45, 2.75) is 37.6 Å². The van der Waals surface area contributed by atoms with E-state index in [0.29, 0.717) is 10.7 Å². The number of hydrogen-bond acceptors (Lipinski definition) is 3. The summed E-state index contributed by atoms with van der Waals surface area (Å²) in [5.74, 6) is 0. The molecule has 0 aliphatic heterocycles. The van der Waals surface area contributed by atoms with Gasteiger partial charge in [-0.05, 0) is 43.2 Å². The number of nitrogens with zero attached hydrogens (tertiary/aromatic N) is 2. The molecule has 0 aliphatic carbocycles. The molecule has 0 amide bonds. The fourth-order valence-corrected chi connectivity index (χ4v) is 4.10. The summed E-state index contributed by atoms with van der Waals surface area (Å²) in [4.78, 5) is 4.45. The first kappa shape index (κ1) is 16.2. The molecule has 0 N–H and O–H groups in total. The summed E-state index contributed by atoms with van der Waals surface area (Å²) in [7, 11) is -1.86. The average molecular weight is 327 g/mol. The molecule has 0 radical (unpaired) electrons. The lowest BCUT2D eigenvalue weighted by Crippen LogP contribution is -2.36. The van der Waals surface area contributed by atoms with Crippen molar-refractivity contribution >= 4 is 32.5 Å². The molecule has 1 aromatic carbocycles. The molecule has 0 atom stereocenters. The molecule has 1 aromatic heterocycles. The van der Waals surface area contributed by atoms with Crippen molar-refractivity contribution in [2.24, 2.45) is 0 Å². The molecule has 0 saturated carbocycles. The first-order valence-corrected chi connectivity index (χ1v) is 8.76. The number of fused-ring (bicyclic) bond motifs is 1. The van der Waals surface area contributed by atoms with E-state index in [1.165, 1.54) is 4.31 Å². The SMILES string of the molecule is CCC(CC)N(C)S(=O)(=O)c1ccc2nc(Cl)ccc2c1. The Labute approximate surface area is 130 Å². The third kappa shape index (κ3) is 3.20. The summed E-state index contributed by atoms with van der Waals surface area (Å²) in [6, 6.07) is 8.36. The first-order valence-electron chi connectivity index (χ1n) is 6.94. The van der Waals surface area contributed by atoms with Crippen LogP contribution in [0.3, 0.4) is 0 Å². The van der Waals surface area contributed by atoms with Crippen LogP contribution in [0.5, 0.6) is 0 Å². The first-order chi connectivity index (χ1) is 9.90. The molecule has 0 saturated heterocycles. The highest BCUT2D eigenvalue weighted by atomic mass is 35.5. The van der Waals surface area contributed by atoms with Gasteiger partial charge < -0.3 is 0 Å². The molecule has 114 valence electrons. The Hall–Kier alpha value is -1.17. The number of pyridine rings is 1. The van der Waals surface area contributed by atoms with Crippen LogP contribution in [0.2, 0.25) is 5.15 Å². The third-order valence-electron chi connectivity index (χ3n) is 3.76. The summed E-state index contributed by atoms with van der Waals surface area (Å²) in [6.45, 7) is 3.99. The molecule has 0 aliphatic rings. The molecule has 1 heterocycles. The molecule has 0 bridgehead atoms. The lowest BCUT2D eigenvalue weighted by atomic mass is 10.2. The second-order valence-electron chi connectivity index (χ2n) is 4.98. The van der Waals surface area contributed by atoms with E-state index in [4.69, 9.17) is 11.6 Å². The van der Waals surface area contributed by atoms with Crippen LogP contribution < -0.4 is 0 Å². The highest BCUT2D eigenvalue weighted by molar-refractivity contribution is 7.89. The Balaban J connectivity index is 2.47. The normalized spacial score (nSPS) is 12.5.